The van der Waals surface area contributed by atoms with Crippen LogP contribution in [0.25, 0.3) is 0 Å². The molecule has 0 amide bonds. The Hall–Kier alpha value is -0.220. The quantitative estimate of drug-likeness (QED) is 0.375. The summed E-state index contributed by atoms with van der Waals surface area (Å²) >= 11 is 7.00. The Labute approximate surface area is 109 Å². The molecule has 2 nitrogen and oxygen atoms in total. The van der Waals surface area contributed by atoms with E-state index in [0.717, 1.165) is 36.2 Å². The molecule has 16 heavy (non-hydrogen) atoms. The molecule has 4 heteroatoms. The molecule has 94 valence electrons. The molecular formula is C12H23NOS2. The van der Waals surface area contributed by atoms with E-state index in [1.54, 1.807) is 18.0 Å². The van der Waals surface area contributed by atoms with Crippen LogP contribution < -0.4 is 0 Å². The van der Waals surface area contributed by atoms with Gasteiger partial charge in [0, 0.05) is 18.8 Å². The van der Waals surface area contributed by atoms with Crippen molar-refractivity contribution < 1.29 is 4.74 Å². The van der Waals surface area contributed by atoms with Gasteiger partial charge in [0.1, 0.15) is 4.32 Å². The van der Waals surface area contributed by atoms with Crippen molar-refractivity contribution in [2.45, 2.75) is 33.6 Å². The summed E-state index contributed by atoms with van der Waals surface area (Å²) in [7, 11) is 0. The van der Waals surface area contributed by atoms with Crippen LogP contribution >= 0.6 is 24.0 Å². The van der Waals surface area contributed by atoms with Crippen molar-refractivity contribution in [2.24, 2.45) is 0 Å². The van der Waals surface area contributed by atoms with Crippen molar-refractivity contribution in [3.63, 3.8) is 0 Å². The molecular weight excluding hydrogens is 238 g/mol. The minimum atomic E-state index is 0.818. The monoisotopic (exact) mass is 261 g/mol. The van der Waals surface area contributed by atoms with Crippen molar-refractivity contribution >= 4 is 28.3 Å². The van der Waals surface area contributed by atoms with E-state index in [-0.39, 0.29) is 0 Å². The number of unbranched alkanes of at least 4 members (excludes halogenated alkanes) is 1. The second-order valence-corrected chi connectivity index (χ2v) is 5.00. The maximum Gasteiger partial charge on any atom is 0.136 e. The molecule has 0 aromatic heterocycles. The summed E-state index contributed by atoms with van der Waals surface area (Å²) in [6.07, 6.45) is 6.10. The number of ether oxygens (including phenoxy) is 1. The molecule has 0 aromatic carbocycles. The highest BCUT2D eigenvalue weighted by molar-refractivity contribution is 8.23. The first-order valence-electron chi connectivity index (χ1n) is 5.94. The molecule has 0 spiro atoms. The van der Waals surface area contributed by atoms with Gasteiger partial charge < -0.3 is 9.64 Å². The van der Waals surface area contributed by atoms with Crippen molar-refractivity contribution in [3.8, 4) is 0 Å². The Morgan fingerprint density at radius 2 is 2.00 bits per heavy atom. The van der Waals surface area contributed by atoms with Crippen molar-refractivity contribution in [3.05, 3.63) is 12.3 Å². The minimum absolute atomic E-state index is 0.818. The van der Waals surface area contributed by atoms with Crippen molar-refractivity contribution in [2.75, 3.05) is 25.4 Å². The second kappa shape index (κ2) is 11.3. The second-order valence-electron chi connectivity index (χ2n) is 3.35. The number of thiocarbonyl (C=S) groups is 1. The largest absolute Gasteiger partial charge is 0.502 e. The van der Waals surface area contributed by atoms with Gasteiger partial charge in [-0.25, -0.2) is 0 Å². The normalized spacial score (nSPS) is 10.7. The molecule has 0 N–H and O–H groups in total. The standard InChI is InChI=1S/C12H23NOS2/c1-4-7-9-14-10-8-11-16-12(15)13(5-2)6-3/h8,10H,4-7,9,11H2,1-3H3. The van der Waals surface area contributed by atoms with E-state index in [9.17, 15) is 0 Å². The number of hydrogen-bond acceptors (Lipinski definition) is 3. The maximum atomic E-state index is 5.32. The van der Waals surface area contributed by atoms with E-state index >= 15 is 0 Å². The topological polar surface area (TPSA) is 12.5 Å². The van der Waals surface area contributed by atoms with Crippen LogP contribution in [0.1, 0.15) is 33.6 Å². The lowest BCUT2D eigenvalue weighted by Crippen LogP contribution is -2.26. The van der Waals surface area contributed by atoms with E-state index in [1.165, 1.54) is 6.42 Å². The Bertz CT molecular complexity index is 203. The van der Waals surface area contributed by atoms with E-state index in [0.29, 0.717) is 0 Å². The van der Waals surface area contributed by atoms with Gasteiger partial charge >= 0.3 is 0 Å². The number of nitrogens with zero attached hydrogens (tertiary/aromatic N) is 1. The Morgan fingerprint density at radius 1 is 1.31 bits per heavy atom. The summed E-state index contributed by atoms with van der Waals surface area (Å²) in [5, 5.41) is 0. The third-order valence-electron chi connectivity index (χ3n) is 2.13. The molecule has 0 aromatic rings. The molecule has 0 rings (SSSR count). The van der Waals surface area contributed by atoms with E-state index in [1.807, 2.05) is 6.08 Å². The average Bonchev–Trinajstić information content (AvgIpc) is 2.29. The molecule has 0 saturated carbocycles. The van der Waals surface area contributed by atoms with Gasteiger partial charge in [0.25, 0.3) is 0 Å². The van der Waals surface area contributed by atoms with Crippen LogP contribution in [0.2, 0.25) is 0 Å². The third-order valence-corrected chi connectivity index (χ3v) is 3.61. The number of rotatable bonds is 8. The fraction of sp³-hybridized carbons (Fsp3) is 0.750. The van der Waals surface area contributed by atoms with Crippen LogP contribution in [0, 0.1) is 0 Å². The molecule has 0 heterocycles. The van der Waals surface area contributed by atoms with Crippen LogP contribution in [0.15, 0.2) is 12.3 Å². The molecule has 0 aliphatic rings. The molecule has 0 saturated heterocycles. The van der Waals surface area contributed by atoms with Gasteiger partial charge in [-0.3, -0.25) is 0 Å². The number of thioether (sulfide) groups is 1. The number of hydrogen-bond donors (Lipinski definition) is 0. The molecule has 0 radical (unpaired) electrons. The van der Waals surface area contributed by atoms with E-state index in [4.69, 9.17) is 17.0 Å². The smallest absolute Gasteiger partial charge is 0.136 e. The predicted molar refractivity (Wildman–Crippen MR) is 78.0 cm³/mol. The highest BCUT2D eigenvalue weighted by Crippen LogP contribution is 2.09. The van der Waals surface area contributed by atoms with Gasteiger partial charge in [-0.05, 0) is 26.3 Å². The lowest BCUT2D eigenvalue weighted by Gasteiger charge is -2.20. The first-order valence-corrected chi connectivity index (χ1v) is 7.33. The SMILES string of the molecule is CCCCOC=CCSC(=S)N(CC)CC. The van der Waals surface area contributed by atoms with Crippen LogP contribution in [0.5, 0.6) is 0 Å². The minimum Gasteiger partial charge on any atom is -0.502 e. The zero-order chi connectivity index (χ0) is 12.2. The summed E-state index contributed by atoms with van der Waals surface area (Å²) < 4.78 is 6.29. The summed E-state index contributed by atoms with van der Waals surface area (Å²) in [5.74, 6) is 0.890. The zero-order valence-electron chi connectivity index (χ0n) is 10.6. The first-order chi connectivity index (χ1) is 7.76. The van der Waals surface area contributed by atoms with Gasteiger partial charge in [-0.15, -0.1) is 0 Å². The molecule has 0 atom stereocenters. The summed E-state index contributed by atoms with van der Waals surface area (Å²) in [4.78, 5) is 2.19. The van der Waals surface area contributed by atoms with Gasteiger partial charge in [0.05, 0.1) is 12.9 Å². The third kappa shape index (κ3) is 7.99. The Kier molecular flexibility index (Phi) is 11.1. The molecule has 0 unspecified atom stereocenters. The van der Waals surface area contributed by atoms with Crippen LogP contribution in [0.4, 0.5) is 0 Å². The fourth-order valence-corrected chi connectivity index (χ4v) is 2.32. The fourth-order valence-electron chi connectivity index (χ4n) is 1.10. The molecule has 0 aliphatic carbocycles. The summed E-state index contributed by atoms with van der Waals surface area (Å²) in [6, 6.07) is 0. The lowest BCUT2D eigenvalue weighted by molar-refractivity contribution is 0.243. The van der Waals surface area contributed by atoms with Crippen molar-refractivity contribution in [1.82, 2.24) is 4.90 Å². The highest BCUT2D eigenvalue weighted by atomic mass is 32.2. The van der Waals surface area contributed by atoms with E-state index < -0.39 is 0 Å². The van der Waals surface area contributed by atoms with E-state index in [2.05, 4.69) is 25.7 Å². The van der Waals surface area contributed by atoms with Gasteiger partial charge in [-0.1, -0.05) is 37.3 Å². The van der Waals surface area contributed by atoms with Crippen LogP contribution in [-0.2, 0) is 4.74 Å². The Balaban J connectivity index is 3.53. The zero-order valence-corrected chi connectivity index (χ0v) is 12.2. The molecule has 0 aliphatic heterocycles. The highest BCUT2D eigenvalue weighted by Gasteiger charge is 2.03. The van der Waals surface area contributed by atoms with Crippen molar-refractivity contribution in [1.29, 1.82) is 0 Å². The lowest BCUT2D eigenvalue weighted by atomic mass is 10.4. The average molecular weight is 261 g/mol. The van der Waals surface area contributed by atoms with Gasteiger partial charge in [0.15, 0.2) is 0 Å². The van der Waals surface area contributed by atoms with Gasteiger partial charge in [-0.2, -0.15) is 0 Å². The first kappa shape index (κ1) is 15.8. The summed E-state index contributed by atoms with van der Waals surface area (Å²) in [6.45, 7) is 9.20. The Morgan fingerprint density at radius 3 is 2.56 bits per heavy atom. The molecule has 0 bridgehead atoms. The summed E-state index contributed by atoms with van der Waals surface area (Å²) in [5.41, 5.74) is 0. The predicted octanol–water partition coefficient (Wildman–Crippen LogP) is 3.68. The van der Waals surface area contributed by atoms with Crippen LogP contribution in [0.3, 0.4) is 0 Å². The van der Waals surface area contributed by atoms with Gasteiger partial charge in [0.2, 0.25) is 0 Å². The molecule has 0 fully saturated rings. The maximum absolute atomic E-state index is 5.32. The van der Waals surface area contributed by atoms with Crippen LogP contribution in [-0.4, -0.2) is 34.7 Å².